The zero-order valence-electron chi connectivity index (χ0n) is 17.2. The van der Waals surface area contributed by atoms with Gasteiger partial charge >= 0.3 is 5.97 Å². The summed E-state index contributed by atoms with van der Waals surface area (Å²) in [6.07, 6.45) is 0. The van der Waals surface area contributed by atoms with Gasteiger partial charge in [0.25, 0.3) is 5.91 Å². The number of halogens is 1. The summed E-state index contributed by atoms with van der Waals surface area (Å²) in [5.74, 6) is -2.68. The number of benzene rings is 2. The van der Waals surface area contributed by atoms with Crippen molar-refractivity contribution in [3.05, 3.63) is 58.9 Å². The lowest BCUT2D eigenvalue weighted by Gasteiger charge is -2.26. The number of esters is 1. The topological polar surface area (TPSA) is 102 Å². The van der Waals surface area contributed by atoms with Crippen LogP contribution in [0.1, 0.15) is 21.5 Å². The summed E-state index contributed by atoms with van der Waals surface area (Å²) in [6.45, 7) is 3.95. The van der Waals surface area contributed by atoms with Crippen LogP contribution in [0, 0.1) is 19.7 Å². The van der Waals surface area contributed by atoms with Crippen molar-refractivity contribution in [2.24, 2.45) is 0 Å². The zero-order chi connectivity index (χ0) is 22.6. The van der Waals surface area contributed by atoms with Crippen LogP contribution in [-0.4, -0.2) is 57.5 Å². The van der Waals surface area contributed by atoms with E-state index in [0.29, 0.717) is 5.69 Å². The third-order valence-corrected chi connectivity index (χ3v) is 6.50. The van der Waals surface area contributed by atoms with Crippen LogP contribution in [0.25, 0.3) is 0 Å². The predicted octanol–water partition coefficient (Wildman–Crippen LogP) is 2.26. The van der Waals surface area contributed by atoms with Gasteiger partial charge < -0.3 is 14.8 Å². The van der Waals surface area contributed by atoms with Gasteiger partial charge in [0.1, 0.15) is 5.82 Å². The average Bonchev–Trinajstić information content (AvgIpc) is 2.72. The number of carbonyl (C=O) groups excluding carboxylic acids is 2. The highest BCUT2D eigenvalue weighted by atomic mass is 32.2. The van der Waals surface area contributed by atoms with E-state index in [4.69, 9.17) is 9.47 Å². The number of morpholine rings is 1. The summed E-state index contributed by atoms with van der Waals surface area (Å²) in [7, 11) is -3.92. The van der Waals surface area contributed by atoms with Gasteiger partial charge in [-0.1, -0.05) is 6.07 Å². The summed E-state index contributed by atoms with van der Waals surface area (Å²) in [5.41, 5.74) is 1.89. The van der Waals surface area contributed by atoms with E-state index in [1.165, 1.54) is 4.31 Å². The molecular formula is C21H23FN2O6S. The Morgan fingerprint density at radius 1 is 1.10 bits per heavy atom. The molecule has 31 heavy (non-hydrogen) atoms. The van der Waals surface area contributed by atoms with Gasteiger partial charge in [0, 0.05) is 18.8 Å². The molecule has 1 aliphatic rings. The normalized spacial score (nSPS) is 14.8. The van der Waals surface area contributed by atoms with E-state index >= 15 is 0 Å². The Morgan fingerprint density at radius 2 is 1.74 bits per heavy atom. The van der Waals surface area contributed by atoms with Gasteiger partial charge in [-0.05, 0) is 55.3 Å². The lowest BCUT2D eigenvalue weighted by Crippen LogP contribution is -2.40. The molecule has 8 nitrogen and oxygen atoms in total. The molecule has 0 bridgehead atoms. The lowest BCUT2D eigenvalue weighted by atomic mass is 10.1. The van der Waals surface area contributed by atoms with Crippen LogP contribution in [0.4, 0.5) is 10.1 Å². The van der Waals surface area contributed by atoms with Crippen LogP contribution in [0.2, 0.25) is 0 Å². The summed E-state index contributed by atoms with van der Waals surface area (Å²) in [5, 5.41) is 2.60. The number of hydrogen-bond acceptors (Lipinski definition) is 6. The number of aryl methyl sites for hydroxylation is 2. The van der Waals surface area contributed by atoms with Crippen LogP contribution in [0.3, 0.4) is 0 Å². The van der Waals surface area contributed by atoms with Crippen molar-refractivity contribution < 1.29 is 31.9 Å². The minimum Gasteiger partial charge on any atom is -0.452 e. The summed E-state index contributed by atoms with van der Waals surface area (Å²) in [6, 6.07) is 8.35. The molecule has 1 heterocycles. The predicted molar refractivity (Wildman–Crippen MR) is 111 cm³/mol. The van der Waals surface area contributed by atoms with Crippen molar-refractivity contribution in [2.45, 2.75) is 18.7 Å². The maximum atomic E-state index is 14.2. The molecule has 166 valence electrons. The largest absolute Gasteiger partial charge is 0.452 e. The molecule has 0 aliphatic carbocycles. The number of carbonyl (C=O) groups is 2. The number of sulfonamides is 1. The summed E-state index contributed by atoms with van der Waals surface area (Å²) >= 11 is 0. The van der Waals surface area contributed by atoms with E-state index in [1.807, 2.05) is 19.9 Å². The second-order valence-corrected chi connectivity index (χ2v) is 9.10. The molecule has 1 saturated heterocycles. The molecule has 2 aromatic rings. The molecule has 1 N–H and O–H groups in total. The van der Waals surface area contributed by atoms with Gasteiger partial charge in [0.05, 0.1) is 23.7 Å². The Labute approximate surface area is 180 Å². The Hall–Kier alpha value is -2.82. The first-order chi connectivity index (χ1) is 14.7. The molecule has 1 aliphatic heterocycles. The molecule has 0 atom stereocenters. The van der Waals surface area contributed by atoms with Crippen molar-refractivity contribution in [1.82, 2.24) is 4.31 Å². The number of nitrogens with one attached hydrogen (secondary N) is 1. The minimum atomic E-state index is -3.92. The zero-order valence-corrected chi connectivity index (χ0v) is 18.0. The second-order valence-electron chi connectivity index (χ2n) is 7.16. The lowest BCUT2D eigenvalue weighted by molar-refractivity contribution is -0.119. The first-order valence-electron chi connectivity index (χ1n) is 9.59. The Morgan fingerprint density at radius 3 is 2.39 bits per heavy atom. The number of amides is 1. The van der Waals surface area contributed by atoms with E-state index in [9.17, 15) is 22.4 Å². The third kappa shape index (κ3) is 5.66. The maximum Gasteiger partial charge on any atom is 0.341 e. The molecule has 3 rings (SSSR count). The van der Waals surface area contributed by atoms with Crippen molar-refractivity contribution in [1.29, 1.82) is 0 Å². The molecule has 1 fully saturated rings. The number of anilines is 1. The fourth-order valence-electron chi connectivity index (χ4n) is 3.21. The van der Waals surface area contributed by atoms with Gasteiger partial charge in [-0.2, -0.15) is 4.31 Å². The van der Waals surface area contributed by atoms with E-state index in [-0.39, 0.29) is 31.2 Å². The fraction of sp³-hybridized carbons (Fsp3) is 0.333. The van der Waals surface area contributed by atoms with Crippen LogP contribution in [0.5, 0.6) is 0 Å². The highest BCUT2D eigenvalue weighted by Gasteiger charge is 2.28. The molecule has 0 radical (unpaired) electrons. The summed E-state index contributed by atoms with van der Waals surface area (Å²) in [4.78, 5) is 24.2. The Bertz CT molecular complexity index is 1080. The van der Waals surface area contributed by atoms with E-state index in [0.717, 1.165) is 29.3 Å². The number of hydrogen-bond donors (Lipinski definition) is 1. The molecule has 1 amide bonds. The standard InChI is InChI=1S/C21H23FN2O6S/c1-14-9-15(2)11-16(10-14)23-20(25)13-30-21(26)18-12-17(3-4-19(18)22)31(27,28)24-5-7-29-8-6-24/h3-4,9-12H,5-8,13H2,1-2H3,(H,23,25). The van der Waals surface area contributed by atoms with E-state index in [1.54, 1.807) is 12.1 Å². The molecule has 0 spiro atoms. The number of nitrogens with zero attached hydrogens (tertiary/aromatic N) is 1. The van der Waals surface area contributed by atoms with Gasteiger partial charge in [-0.15, -0.1) is 0 Å². The van der Waals surface area contributed by atoms with Gasteiger partial charge in [-0.3, -0.25) is 4.79 Å². The van der Waals surface area contributed by atoms with Crippen LogP contribution in [0.15, 0.2) is 41.3 Å². The Balaban J connectivity index is 1.68. The number of ether oxygens (including phenoxy) is 2. The van der Waals surface area contributed by atoms with Gasteiger partial charge in [0.15, 0.2) is 6.61 Å². The van der Waals surface area contributed by atoms with Gasteiger partial charge in [0.2, 0.25) is 10.0 Å². The first-order valence-corrected chi connectivity index (χ1v) is 11.0. The van der Waals surface area contributed by atoms with Crippen molar-refractivity contribution in [2.75, 3.05) is 38.2 Å². The third-order valence-electron chi connectivity index (χ3n) is 4.61. The smallest absolute Gasteiger partial charge is 0.341 e. The van der Waals surface area contributed by atoms with Crippen molar-refractivity contribution >= 4 is 27.6 Å². The van der Waals surface area contributed by atoms with Crippen LogP contribution in [-0.2, 0) is 24.3 Å². The molecule has 0 unspecified atom stereocenters. The molecule has 0 saturated carbocycles. The van der Waals surface area contributed by atoms with Crippen LogP contribution < -0.4 is 5.32 Å². The highest BCUT2D eigenvalue weighted by molar-refractivity contribution is 7.89. The second kappa shape index (κ2) is 9.54. The molecule has 10 heteroatoms. The molecular weight excluding hydrogens is 427 g/mol. The van der Waals surface area contributed by atoms with Crippen molar-refractivity contribution in [3.8, 4) is 0 Å². The minimum absolute atomic E-state index is 0.165. The van der Waals surface area contributed by atoms with Crippen LogP contribution >= 0.6 is 0 Å². The average molecular weight is 450 g/mol. The first kappa shape index (κ1) is 22.9. The van der Waals surface area contributed by atoms with E-state index < -0.39 is 39.9 Å². The monoisotopic (exact) mass is 450 g/mol. The quantitative estimate of drug-likeness (QED) is 0.678. The molecule has 0 aromatic heterocycles. The van der Waals surface area contributed by atoms with Gasteiger partial charge in [-0.25, -0.2) is 17.6 Å². The fourth-order valence-corrected chi connectivity index (χ4v) is 4.64. The molecule has 2 aromatic carbocycles. The number of rotatable bonds is 6. The van der Waals surface area contributed by atoms with Crippen molar-refractivity contribution in [3.63, 3.8) is 0 Å². The maximum absolute atomic E-state index is 14.2. The highest BCUT2D eigenvalue weighted by Crippen LogP contribution is 2.21. The van der Waals surface area contributed by atoms with E-state index in [2.05, 4.69) is 5.32 Å². The summed E-state index contributed by atoms with van der Waals surface area (Å²) < 4.78 is 50.9. The Kier molecular flexibility index (Phi) is 7.04. The SMILES string of the molecule is Cc1cc(C)cc(NC(=O)COC(=O)c2cc(S(=O)(=O)N3CCOCC3)ccc2F)c1.